The van der Waals surface area contributed by atoms with E-state index in [1.165, 1.54) is 0 Å². The molecule has 1 aromatic carbocycles. The number of carbonyl (C=O) groups is 3. The molecule has 1 saturated heterocycles. The van der Waals surface area contributed by atoms with Crippen molar-refractivity contribution in [2.45, 2.75) is 103 Å². The number of carbonyl (C=O) groups excluding carboxylic acids is 3. The first-order chi connectivity index (χ1) is 18.0. The Morgan fingerprint density at radius 1 is 1.05 bits per heavy atom. The van der Waals surface area contributed by atoms with E-state index in [-0.39, 0.29) is 30.0 Å². The molecule has 1 saturated carbocycles. The number of aryl methyl sites for hydroxylation is 2. The van der Waals surface area contributed by atoms with Crippen LogP contribution in [0.1, 0.15) is 77.2 Å². The minimum absolute atomic E-state index is 0.0684. The molecule has 10 nitrogen and oxygen atoms in total. The van der Waals surface area contributed by atoms with Crippen molar-refractivity contribution in [2.24, 2.45) is 0 Å². The summed E-state index contributed by atoms with van der Waals surface area (Å²) in [4.78, 5) is 37.1. The second-order valence-corrected chi connectivity index (χ2v) is 11.3. The summed E-state index contributed by atoms with van der Waals surface area (Å²) in [6, 6.07) is 5.57. The van der Waals surface area contributed by atoms with Crippen molar-refractivity contribution in [1.29, 1.82) is 0 Å². The van der Waals surface area contributed by atoms with Crippen LogP contribution < -0.4 is 21.3 Å². The van der Waals surface area contributed by atoms with Crippen LogP contribution in [0.25, 0.3) is 11.1 Å². The van der Waals surface area contributed by atoms with Crippen LogP contribution in [-0.4, -0.2) is 46.8 Å². The Hall–Kier alpha value is -3.56. The van der Waals surface area contributed by atoms with Crippen molar-refractivity contribution in [3.05, 3.63) is 29.7 Å². The molecule has 0 unspecified atom stereocenters. The van der Waals surface area contributed by atoms with Gasteiger partial charge in [0.25, 0.3) is 0 Å². The Bertz CT molecular complexity index is 1160. The first-order valence-corrected chi connectivity index (χ1v) is 13.4. The standard InChI is InChI=1S/C28H39N5O5/c1-16-25(17(2)38-33-16)18-9-14-21(23(15-18)32-26(35)22-7-6-8-24(34)31-22)29-19-10-12-20(13-11-19)30-27(36)37-28(3,4)5/h9,14-15,19-20,22,29H,6-8,10-13H2,1-5H3,(H,30,36)(H,31,34)(H,32,35)/t19?,20?,22-/m0/s1. The summed E-state index contributed by atoms with van der Waals surface area (Å²) in [6.07, 6.45) is 4.73. The van der Waals surface area contributed by atoms with E-state index in [1.54, 1.807) is 0 Å². The Morgan fingerprint density at radius 2 is 1.76 bits per heavy atom. The van der Waals surface area contributed by atoms with Crippen molar-refractivity contribution >= 4 is 29.3 Å². The molecule has 2 aliphatic rings. The zero-order chi connectivity index (χ0) is 27.4. The minimum Gasteiger partial charge on any atom is -0.444 e. The number of benzene rings is 1. The number of ether oxygens (including phenoxy) is 1. The lowest BCUT2D eigenvalue weighted by Gasteiger charge is -2.31. The normalized spacial score (nSPS) is 21.8. The van der Waals surface area contributed by atoms with Crippen molar-refractivity contribution in [3.63, 3.8) is 0 Å². The molecule has 206 valence electrons. The number of hydrogen-bond acceptors (Lipinski definition) is 7. The molecule has 2 heterocycles. The Morgan fingerprint density at radius 3 is 2.39 bits per heavy atom. The largest absolute Gasteiger partial charge is 0.444 e. The fourth-order valence-corrected chi connectivity index (χ4v) is 5.12. The van der Waals surface area contributed by atoms with E-state index >= 15 is 0 Å². The van der Waals surface area contributed by atoms with Crippen LogP contribution in [-0.2, 0) is 14.3 Å². The Balaban J connectivity index is 1.47. The highest BCUT2D eigenvalue weighted by Gasteiger charge is 2.28. The Labute approximate surface area is 223 Å². The second kappa shape index (κ2) is 11.4. The number of aromatic nitrogens is 1. The van der Waals surface area contributed by atoms with E-state index in [0.717, 1.165) is 48.2 Å². The lowest BCUT2D eigenvalue weighted by atomic mass is 9.91. The zero-order valence-corrected chi connectivity index (χ0v) is 22.9. The summed E-state index contributed by atoms with van der Waals surface area (Å²) in [6.45, 7) is 9.30. The van der Waals surface area contributed by atoms with Gasteiger partial charge in [-0.1, -0.05) is 11.2 Å². The van der Waals surface area contributed by atoms with Gasteiger partial charge in [-0.2, -0.15) is 0 Å². The highest BCUT2D eigenvalue weighted by Crippen LogP contribution is 2.34. The van der Waals surface area contributed by atoms with Crippen LogP contribution in [0, 0.1) is 13.8 Å². The third-order valence-corrected chi connectivity index (χ3v) is 6.96. The van der Waals surface area contributed by atoms with E-state index in [1.807, 2.05) is 52.8 Å². The molecular formula is C28H39N5O5. The maximum Gasteiger partial charge on any atom is 0.407 e. The summed E-state index contributed by atoms with van der Waals surface area (Å²) in [5.41, 5.74) is 3.48. The highest BCUT2D eigenvalue weighted by atomic mass is 16.6. The van der Waals surface area contributed by atoms with E-state index in [4.69, 9.17) is 9.26 Å². The lowest BCUT2D eigenvalue weighted by molar-refractivity contribution is -0.128. The first-order valence-electron chi connectivity index (χ1n) is 13.4. The van der Waals surface area contributed by atoms with Gasteiger partial charge in [-0.05, 0) is 90.8 Å². The topological polar surface area (TPSA) is 135 Å². The molecule has 1 aliphatic heterocycles. The van der Waals surface area contributed by atoms with Crippen LogP contribution in [0.15, 0.2) is 22.7 Å². The number of alkyl carbamates (subject to hydrolysis) is 1. The number of nitrogens with zero attached hydrogens (tertiary/aromatic N) is 1. The van der Waals surface area contributed by atoms with E-state index in [2.05, 4.69) is 26.4 Å². The van der Waals surface area contributed by atoms with Crippen LogP contribution in [0.2, 0.25) is 0 Å². The van der Waals surface area contributed by atoms with Gasteiger partial charge in [0.2, 0.25) is 11.8 Å². The van der Waals surface area contributed by atoms with Gasteiger partial charge in [-0.15, -0.1) is 0 Å². The quantitative estimate of drug-likeness (QED) is 0.425. The van der Waals surface area contributed by atoms with Gasteiger partial charge < -0.3 is 30.5 Å². The second-order valence-electron chi connectivity index (χ2n) is 11.3. The van der Waals surface area contributed by atoms with Crippen LogP contribution in [0.3, 0.4) is 0 Å². The minimum atomic E-state index is -0.554. The monoisotopic (exact) mass is 525 g/mol. The van der Waals surface area contributed by atoms with Crippen molar-refractivity contribution < 1.29 is 23.6 Å². The van der Waals surface area contributed by atoms with Crippen molar-refractivity contribution in [1.82, 2.24) is 15.8 Å². The molecule has 2 aromatic rings. The van der Waals surface area contributed by atoms with Gasteiger partial charge in [-0.25, -0.2) is 4.79 Å². The average molecular weight is 526 g/mol. The maximum absolute atomic E-state index is 13.1. The van der Waals surface area contributed by atoms with Crippen LogP contribution in [0.4, 0.5) is 16.2 Å². The summed E-state index contributed by atoms with van der Waals surface area (Å²) >= 11 is 0. The lowest BCUT2D eigenvalue weighted by Crippen LogP contribution is -2.46. The molecule has 10 heteroatoms. The van der Waals surface area contributed by atoms with Crippen LogP contribution >= 0.6 is 0 Å². The number of piperidine rings is 1. The van der Waals surface area contributed by atoms with Gasteiger partial charge >= 0.3 is 6.09 Å². The molecule has 0 spiro atoms. The number of nitrogens with one attached hydrogen (secondary N) is 4. The molecule has 3 amide bonds. The van der Waals surface area contributed by atoms with Gasteiger partial charge in [0, 0.05) is 24.1 Å². The van der Waals surface area contributed by atoms with E-state index in [9.17, 15) is 14.4 Å². The first kappa shape index (κ1) is 27.5. The van der Waals surface area contributed by atoms with Gasteiger partial charge in [0.1, 0.15) is 17.4 Å². The summed E-state index contributed by atoms with van der Waals surface area (Å²) in [7, 11) is 0. The molecule has 38 heavy (non-hydrogen) atoms. The SMILES string of the molecule is Cc1noc(C)c1-c1ccc(NC2CCC(NC(=O)OC(C)(C)C)CC2)c(NC(=O)[C@@H]2CCCC(=O)N2)c1. The summed E-state index contributed by atoms with van der Waals surface area (Å²) in [5.74, 6) is 0.370. The van der Waals surface area contributed by atoms with Crippen molar-refractivity contribution in [3.8, 4) is 11.1 Å². The molecule has 0 bridgehead atoms. The smallest absolute Gasteiger partial charge is 0.407 e. The molecule has 4 rings (SSSR count). The fraction of sp³-hybridized carbons (Fsp3) is 0.571. The predicted molar refractivity (Wildman–Crippen MR) is 145 cm³/mol. The molecule has 1 aromatic heterocycles. The molecule has 2 fully saturated rings. The van der Waals surface area contributed by atoms with Crippen LogP contribution in [0.5, 0.6) is 0 Å². The van der Waals surface area contributed by atoms with E-state index < -0.39 is 11.6 Å². The summed E-state index contributed by atoms with van der Waals surface area (Å²) < 4.78 is 10.7. The maximum atomic E-state index is 13.1. The number of anilines is 2. The summed E-state index contributed by atoms with van der Waals surface area (Å²) in [5, 5.41) is 16.5. The molecule has 4 N–H and O–H groups in total. The molecular weight excluding hydrogens is 486 g/mol. The third kappa shape index (κ3) is 7.05. The molecule has 0 radical (unpaired) electrons. The predicted octanol–water partition coefficient (Wildman–Crippen LogP) is 4.81. The molecule has 1 aliphatic carbocycles. The van der Waals surface area contributed by atoms with Gasteiger partial charge in [0.05, 0.1) is 17.1 Å². The number of rotatable bonds is 6. The third-order valence-electron chi connectivity index (χ3n) is 6.96. The zero-order valence-electron chi connectivity index (χ0n) is 22.9. The molecule has 1 atom stereocenters. The number of hydrogen-bond donors (Lipinski definition) is 4. The fourth-order valence-electron chi connectivity index (χ4n) is 5.12. The van der Waals surface area contributed by atoms with Gasteiger partial charge in [-0.3, -0.25) is 9.59 Å². The average Bonchev–Trinajstić information content (AvgIpc) is 3.18. The van der Waals surface area contributed by atoms with Gasteiger partial charge in [0.15, 0.2) is 0 Å². The highest BCUT2D eigenvalue weighted by molar-refractivity contribution is 6.00. The Kier molecular flexibility index (Phi) is 8.28. The number of amides is 3. The van der Waals surface area contributed by atoms with Crippen molar-refractivity contribution in [2.75, 3.05) is 10.6 Å². The van der Waals surface area contributed by atoms with E-state index in [0.29, 0.717) is 30.7 Å².